The van der Waals surface area contributed by atoms with E-state index in [1.54, 1.807) is 12.3 Å². The van der Waals surface area contributed by atoms with Gasteiger partial charge in [0.2, 0.25) is 0 Å². The molecule has 7 nitrogen and oxygen atoms in total. The van der Waals surface area contributed by atoms with Gasteiger partial charge in [-0.1, -0.05) is 23.4 Å². The van der Waals surface area contributed by atoms with E-state index in [4.69, 9.17) is 8.94 Å². The molecule has 2 aliphatic heterocycles. The first-order chi connectivity index (χ1) is 14.5. The smallest absolute Gasteiger partial charge is 0.257 e. The summed E-state index contributed by atoms with van der Waals surface area (Å²) in [6.45, 7) is 4.36. The third kappa shape index (κ3) is 3.33. The molecule has 0 saturated carbocycles. The Morgan fingerprint density at radius 3 is 2.63 bits per heavy atom. The normalized spacial score (nSPS) is 21.4. The Morgan fingerprint density at radius 2 is 1.93 bits per heavy atom. The molecule has 1 atom stereocenters. The maximum Gasteiger partial charge on any atom is 0.257 e. The lowest BCUT2D eigenvalue weighted by Crippen LogP contribution is -2.44. The highest BCUT2D eigenvalue weighted by Gasteiger charge is 2.46. The van der Waals surface area contributed by atoms with Crippen LogP contribution in [0, 0.1) is 12.3 Å². The van der Waals surface area contributed by atoms with Crippen LogP contribution in [0.15, 0.2) is 51.6 Å². The van der Waals surface area contributed by atoms with Gasteiger partial charge >= 0.3 is 0 Å². The van der Waals surface area contributed by atoms with E-state index in [1.165, 1.54) is 0 Å². The predicted molar refractivity (Wildman–Crippen MR) is 111 cm³/mol. The Bertz CT molecular complexity index is 1030. The summed E-state index contributed by atoms with van der Waals surface area (Å²) in [5, 5.41) is 4.29. The molecule has 2 saturated heterocycles. The largest absolute Gasteiger partial charge is 0.469 e. The number of aryl methyl sites for hydroxylation is 1. The van der Waals surface area contributed by atoms with Gasteiger partial charge < -0.3 is 13.8 Å². The quantitative estimate of drug-likeness (QED) is 0.656. The van der Waals surface area contributed by atoms with Crippen LogP contribution >= 0.6 is 0 Å². The lowest BCUT2D eigenvalue weighted by Gasteiger charge is -2.39. The van der Waals surface area contributed by atoms with Crippen molar-refractivity contribution < 1.29 is 13.7 Å². The molecule has 1 unspecified atom stereocenters. The minimum Gasteiger partial charge on any atom is -0.469 e. The van der Waals surface area contributed by atoms with E-state index < -0.39 is 0 Å². The number of nitrogens with zero attached hydrogens (tertiary/aromatic N) is 4. The van der Waals surface area contributed by atoms with Gasteiger partial charge in [-0.3, -0.25) is 9.69 Å². The maximum absolute atomic E-state index is 12.8. The van der Waals surface area contributed by atoms with E-state index in [-0.39, 0.29) is 17.4 Å². The molecule has 30 heavy (non-hydrogen) atoms. The van der Waals surface area contributed by atoms with Crippen LogP contribution in [0.1, 0.15) is 47.2 Å². The monoisotopic (exact) mass is 406 g/mol. The number of piperidine rings is 1. The summed E-state index contributed by atoms with van der Waals surface area (Å²) in [4.78, 5) is 21.8. The fraction of sp³-hybridized carbons (Fsp3) is 0.435. The number of furan rings is 1. The zero-order valence-corrected chi connectivity index (χ0v) is 17.4. The number of hydrogen-bond donors (Lipinski definition) is 0. The van der Waals surface area contributed by atoms with Gasteiger partial charge in [0.15, 0.2) is 5.82 Å². The highest BCUT2D eigenvalue weighted by atomic mass is 16.5. The SMILES string of the molecule is Cc1occc1C(=O)N1CCC2(CC1)CC(c1noc(-c3ccccc3)n1)N(C)C2. The van der Waals surface area contributed by atoms with Gasteiger partial charge in [0.05, 0.1) is 17.9 Å². The molecule has 2 fully saturated rings. The summed E-state index contributed by atoms with van der Waals surface area (Å²) in [6, 6.07) is 11.8. The third-order valence-electron chi connectivity index (χ3n) is 6.70. The van der Waals surface area contributed by atoms with Crippen LogP contribution in [0.25, 0.3) is 11.5 Å². The number of carbonyl (C=O) groups is 1. The Labute approximate surface area is 175 Å². The molecule has 1 spiro atoms. The van der Waals surface area contributed by atoms with Gasteiger partial charge in [0.25, 0.3) is 11.8 Å². The van der Waals surface area contributed by atoms with Crippen LogP contribution < -0.4 is 0 Å². The molecule has 1 amide bonds. The molecule has 0 N–H and O–H groups in total. The Kier molecular flexibility index (Phi) is 4.70. The Morgan fingerprint density at radius 1 is 1.17 bits per heavy atom. The predicted octanol–water partition coefficient (Wildman–Crippen LogP) is 3.94. The number of likely N-dealkylation sites (tertiary alicyclic amines) is 2. The first-order valence-corrected chi connectivity index (χ1v) is 10.5. The van der Waals surface area contributed by atoms with Crippen LogP contribution in [-0.2, 0) is 0 Å². The van der Waals surface area contributed by atoms with Crippen molar-refractivity contribution in [1.29, 1.82) is 0 Å². The van der Waals surface area contributed by atoms with Crippen LogP contribution in [0.2, 0.25) is 0 Å². The Balaban J connectivity index is 1.27. The number of amides is 1. The molecular weight excluding hydrogens is 380 g/mol. The first-order valence-electron chi connectivity index (χ1n) is 10.5. The lowest BCUT2D eigenvalue weighted by molar-refractivity contribution is 0.0591. The lowest BCUT2D eigenvalue weighted by atomic mass is 9.76. The van der Waals surface area contributed by atoms with E-state index in [9.17, 15) is 4.79 Å². The summed E-state index contributed by atoms with van der Waals surface area (Å²) in [6.07, 6.45) is 4.54. The van der Waals surface area contributed by atoms with E-state index in [2.05, 4.69) is 22.1 Å². The zero-order chi connectivity index (χ0) is 20.7. The summed E-state index contributed by atoms with van der Waals surface area (Å²) < 4.78 is 10.8. The second-order valence-electron chi connectivity index (χ2n) is 8.64. The van der Waals surface area contributed by atoms with Crippen molar-refractivity contribution in [2.24, 2.45) is 5.41 Å². The second-order valence-corrected chi connectivity index (χ2v) is 8.64. The maximum atomic E-state index is 12.8. The highest BCUT2D eigenvalue weighted by Crippen LogP contribution is 2.48. The van der Waals surface area contributed by atoms with E-state index in [0.29, 0.717) is 17.2 Å². The standard InChI is InChI=1S/C23H26N4O3/c1-16-18(8-13-29-16)22(28)27-11-9-23(10-12-27)14-19(26(2)15-23)20-24-21(30-25-20)17-6-4-3-5-7-17/h3-8,13,19H,9-12,14-15H2,1-2H3. The molecule has 0 aliphatic carbocycles. The Hall–Kier alpha value is -2.93. The molecule has 2 aromatic heterocycles. The average Bonchev–Trinajstić information content (AvgIpc) is 3.48. The highest BCUT2D eigenvalue weighted by molar-refractivity contribution is 5.95. The van der Waals surface area contributed by atoms with Crippen molar-refractivity contribution in [2.45, 2.75) is 32.2 Å². The molecule has 3 aromatic rings. The minimum atomic E-state index is 0.0738. The molecular formula is C23H26N4O3. The van der Waals surface area contributed by atoms with E-state index in [0.717, 1.165) is 50.3 Å². The molecule has 156 valence electrons. The topological polar surface area (TPSA) is 75.6 Å². The number of carbonyl (C=O) groups excluding carboxylic acids is 1. The van der Waals surface area contributed by atoms with Crippen molar-refractivity contribution in [3.05, 3.63) is 59.8 Å². The van der Waals surface area contributed by atoms with E-state index >= 15 is 0 Å². The zero-order valence-electron chi connectivity index (χ0n) is 17.4. The van der Waals surface area contributed by atoms with Crippen LogP contribution in [-0.4, -0.2) is 52.5 Å². The third-order valence-corrected chi connectivity index (χ3v) is 6.70. The average molecular weight is 406 g/mol. The van der Waals surface area contributed by atoms with Crippen molar-refractivity contribution >= 4 is 5.91 Å². The summed E-state index contributed by atoms with van der Waals surface area (Å²) in [5.74, 6) is 2.08. The van der Waals surface area contributed by atoms with E-state index in [1.807, 2.05) is 42.2 Å². The van der Waals surface area contributed by atoms with Crippen LogP contribution in [0.4, 0.5) is 0 Å². The fourth-order valence-electron chi connectivity index (χ4n) is 4.95. The minimum absolute atomic E-state index is 0.0738. The van der Waals surface area contributed by atoms with Crippen LogP contribution in [0.3, 0.4) is 0 Å². The number of rotatable bonds is 3. The number of hydrogen-bond acceptors (Lipinski definition) is 6. The van der Waals surface area contributed by atoms with Crippen molar-refractivity contribution in [3.63, 3.8) is 0 Å². The van der Waals surface area contributed by atoms with Gasteiger partial charge in [-0.05, 0) is 56.8 Å². The van der Waals surface area contributed by atoms with Gasteiger partial charge in [-0.2, -0.15) is 4.98 Å². The van der Waals surface area contributed by atoms with Gasteiger partial charge in [-0.25, -0.2) is 0 Å². The fourth-order valence-corrected chi connectivity index (χ4v) is 4.95. The molecule has 2 aliphatic rings. The molecule has 1 aromatic carbocycles. The molecule has 7 heteroatoms. The van der Waals surface area contributed by atoms with Gasteiger partial charge in [0.1, 0.15) is 5.76 Å². The number of benzene rings is 1. The van der Waals surface area contributed by atoms with Crippen molar-refractivity contribution in [2.75, 3.05) is 26.7 Å². The molecule has 4 heterocycles. The van der Waals surface area contributed by atoms with Gasteiger partial charge in [-0.15, -0.1) is 0 Å². The van der Waals surface area contributed by atoms with Crippen molar-refractivity contribution in [3.8, 4) is 11.5 Å². The first kappa shape index (κ1) is 19.1. The number of aromatic nitrogens is 2. The molecule has 5 rings (SSSR count). The summed E-state index contributed by atoms with van der Waals surface area (Å²) >= 11 is 0. The summed E-state index contributed by atoms with van der Waals surface area (Å²) in [7, 11) is 2.13. The molecule has 0 radical (unpaired) electrons. The van der Waals surface area contributed by atoms with Gasteiger partial charge in [0, 0.05) is 25.2 Å². The van der Waals surface area contributed by atoms with Crippen molar-refractivity contribution in [1.82, 2.24) is 19.9 Å². The van der Waals surface area contributed by atoms with Crippen LogP contribution in [0.5, 0.6) is 0 Å². The second kappa shape index (κ2) is 7.40. The summed E-state index contributed by atoms with van der Waals surface area (Å²) in [5.41, 5.74) is 1.80. The molecule has 0 bridgehead atoms.